The Morgan fingerprint density at radius 2 is 1.94 bits per heavy atom. The van der Waals surface area contributed by atoms with E-state index in [9.17, 15) is 0 Å². The van der Waals surface area contributed by atoms with Crippen molar-refractivity contribution in [1.82, 2.24) is 20.5 Å². The molecule has 4 nitrogen and oxygen atoms in total. The number of H-pyrrole nitrogens is 1. The average Bonchev–Trinajstić information content (AvgIpc) is 2.81. The third kappa shape index (κ3) is 2.76. The number of nitrogens with zero attached hydrogens (tertiary/aromatic N) is 2. The third-order valence-corrected chi connectivity index (χ3v) is 3.24. The van der Waals surface area contributed by atoms with E-state index in [0.717, 1.165) is 5.82 Å². The molecule has 1 aromatic heterocycles. The van der Waals surface area contributed by atoms with Crippen molar-refractivity contribution in [3.63, 3.8) is 0 Å². The fourth-order valence-corrected chi connectivity index (χ4v) is 2.28. The summed E-state index contributed by atoms with van der Waals surface area (Å²) in [6.07, 6.45) is 1.54. The zero-order chi connectivity index (χ0) is 13.1. The number of rotatable bonds is 4. The van der Waals surface area contributed by atoms with E-state index in [2.05, 4.69) is 66.4 Å². The summed E-state index contributed by atoms with van der Waals surface area (Å²) in [5.41, 5.74) is 3.94. The van der Waals surface area contributed by atoms with Gasteiger partial charge < -0.3 is 5.32 Å². The van der Waals surface area contributed by atoms with Gasteiger partial charge in [0.25, 0.3) is 0 Å². The number of hydrogen-bond donors (Lipinski definition) is 2. The van der Waals surface area contributed by atoms with Crippen molar-refractivity contribution in [2.24, 2.45) is 0 Å². The van der Waals surface area contributed by atoms with Crippen LogP contribution in [0.3, 0.4) is 0 Å². The number of benzene rings is 1. The molecule has 0 aliphatic rings. The van der Waals surface area contributed by atoms with Crippen LogP contribution in [0.25, 0.3) is 0 Å². The fourth-order valence-electron chi connectivity index (χ4n) is 2.28. The molecule has 2 unspecified atom stereocenters. The van der Waals surface area contributed by atoms with E-state index in [1.807, 2.05) is 0 Å². The van der Waals surface area contributed by atoms with Crippen LogP contribution >= 0.6 is 0 Å². The smallest absolute Gasteiger partial charge is 0.141 e. The number of aryl methyl sites for hydroxylation is 2. The summed E-state index contributed by atoms with van der Waals surface area (Å²) in [6.45, 7) is 8.52. The van der Waals surface area contributed by atoms with Crippen molar-refractivity contribution in [2.75, 3.05) is 0 Å². The average molecular weight is 244 g/mol. The molecule has 0 radical (unpaired) electrons. The van der Waals surface area contributed by atoms with Crippen LogP contribution in [-0.4, -0.2) is 15.2 Å². The highest BCUT2D eigenvalue weighted by atomic mass is 15.2. The molecule has 0 saturated carbocycles. The molecule has 96 valence electrons. The van der Waals surface area contributed by atoms with Gasteiger partial charge in [-0.1, -0.05) is 23.8 Å². The van der Waals surface area contributed by atoms with Gasteiger partial charge in [0, 0.05) is 6.04 Å². The van der Waals surface area contributed by atoms with Crippen molar-refractivity contribution in [2.45, 2.75) is 39.8 Å². The second-order valence-corrected chi connectivity index (χ2v) is 4.84. The highest BCUT2D eigenvalue weighted by Gasteiger charge is 2.14. The Bertz CT molecular complexity index is 505. The normalized spacial score (nSPS) is 14.4. The van der Waals surface area contributed by atoms with Crippen molar-refractivity contribution >= 4 is 0 Å². The molecule has 1 heterocycles. The second kappa shape index (κ2) is 5.31. The molecule has 2 N–H and O–H groups in total. The van der Waals surface area contributed by atoms with E-state index < -0.39 is 0 Å². The zero-order valence-corrected chi connectivity index (χ0v) is 11.4. The molecule has 4 heteroatoms. The van der Waals surface area contributed by atoms with E-state index >= 15 is 0 Å². The number of nitrogens with one attached hydrogen (secondary N) is 2. The quantitative estimate of drug-likeness (QED) is 0.869. The minimum Gasteiger partial charge on any atom is -0.301 e. The highest BCUT2D eigenvalue weighted by molar-refractivity contribution is 5.32. The Labute approximate surface area is 108 Å². The lowest BCUT2D eigenvalue weighted by Crippen LogP contribution is -2.24. The summed E-state index contributed by atoms with van der Waals surface area (Å²) in [4.78, 5) is 4.17. The van der Waals surface area contributed by atoms with E-state index in [0.29, 0.717) is 0 Å². The molecule has 2 atom stereocenters. The van der Waals surface area contributed by atoms with Gasteiger partial charge in [0.15, 0.2) is 0 Å². The highest BCUT2D eigenvalue weighted by Crippen LogP contribution is 2.21. The first-order valence-corrected chi connectivity index (χ1v) is 6.26. The maximum Gasteiger partial charge on any atom is 0.141 e. The number of hydrogen-bond acceptors (Lipinski definition) is 3. The molecule has 18 heavy (non-hydrogen) atoms. The van der Waals surface area contributed by atoms with E-state index in [-0.39, 0.29) is 12.1 Å². The summed E-state index contributed by atoms with van der Waals surface area (Å²) >= 11 is 0. The number of aromatic amines is 1. The van der Waals surface area contributed by atoms with Crippen molar-refractivity contribution < 1.29 is 0 Å². The Balaban J connectivity index is 2.10. The van der Waals surface area contributed by atoms with E-state index in [1.165, 1.54) is 23.0 Å². The van der Waals surface area contributed by atoms with Gasteiger partial charge in [-0.05, 0) is 38.8 Å². The van der Waals surface area contributed by atoms with Gasteiger partial charge in [-0.15, -0.1) is 0 Å². The van der Waals surface area contributed by atoms with Crippen LogP contribution in [0.2, 0.25) is 0 Å². The van der Waals surface area contributed by atoms with Crippen LogP contribution in [0.5, 0.6) is 0 Å². The maximum atomic E-state index is 4.17. The topological polar surface area (TPSA) is 53.6 Å². The monoisotopic (exact) mass is 244 g/mol. The second-order valence-electron chi connectivity index (χ2n) is 4.84. The van der Waals surface area contributed by atoms with Crippen molar-refractivity contribution in [3.8, 4) is 0 Å². The van der Waals surface area contributed by atoms with E-state index in [4.69, 9.17) is 0 Å². The van der Waals surface area contributed by atoms with Crippen LogP contribution in [0.4, 0.5) is 0 Å². The molecule has 0 spiro atoms. The van der Waals surface area contributed by atoms with E-state index in [1.54, 1.807) is 0 Å². The van der Waals surface area contributed by atoms with Gasteiger partial charge in [0.2, 0.25) is 0 Å². The fraction of sp³-hybridized carbons (Fsp3) is 0.429. The first kappa shape index (κ1) is 12.8. The first-order chi connectivity index (χ1) is 8.58. The lowest BCUT2D eigenvalue weighted by atomic mass is 10.00. The summed E-state index contributed by atoms with van der Waals surface area (Å²) < 4.78 is 0. The summed E-state index contributed by atoms with van der Waals surface area (Å²) in [5, 5.41) is 10.3. The Hall–Kier alpha value is -1.68. The van der Waals surface area contributed by atoms with Crippen LogP contribution in [0, 0.1) is 13.8 Å². The minimum absolute atomic E-state index is 0.156. The minimum atomic E-state index is 0.156. The summed E-state index contributed by atoms with van der Waals surface area (Å²) in [7, 11) is 0. The first-order valence-electron chi connectivity index (χ1n) is 6.26. The molecule has 0 fully saturated rings. The molecular formula is C14H20N4. The standard InChI is InChI=1S/C14H20N4/c1-9-5-6-13(10(2)7-9)11(3)17-12(4)14-15-8-16-18-14/h5-8,11-12,17H,1-4H3,(H,15,16,18). The van der Waals surface area contributed by atoms with Crippen LogP contribution in [0.15, 0.2) is 24.5 Å². The lowest BCUT2D eigenvalue weighted by molar-refractivity contribution is 0.476. The summed E-state index contributed by atoms with van der Waals surface area (Å²) in [6, 6.07) is 7.00. The van der Waals surface area contributed by atoms with Crippen LogP contribution in [-0.2, 0) is 0 Å². The molecule has 0 amide bonds. The zero-order valence-electron chi connectivity index (χ0n) is 11.4. The largest absolute Gasteiger partial charge is 0.301 e. The molecule has 0 bridgehead atoms. The molecule has 0 aliphatic heterocycles. The predicted octanol–water partition coefficient (Wildman–Crippen LogP) is 2.83. The molecule has 0 aliphatic carbocycles. The van der Waals surface area contributed by atoms with Gasteiger partial charge in [0.1, 0.15) is 12.2 Å². The van der Waals surface area contributed by atoms with Gasteiger partial charge in [-0.3, -0.25) is 5.10 Å². The Morgan fingerprint density at radius 3 is 2.56 bits per heavy atom. The SMILES string of the molecule is Cc1ccc(C(C)NC(C)c2ncn[nH]2)c(C)c1. The maximum absolute atomic E-state index is 4.17. The third-order valence-electron chi connectivity index (χ3n) is 3.24. The van der Waals surface area contributed by atoms with Crippen LogP contribution in [0.1, 0.15) is 48.4 Å². The Kier molecular flexibility index (Phi) is 3.77. The van der Waals surface area contributed by atoms with Crippen molar-refractivity contribution in [3.05, 3.63) is 47.0 Å². The summed E-state index contributed by atoms with van der Waals surface area (Å²) in [5.74, 6) is 0.867. The predicted molar refractivity (Wildman–Crippen MR) is 72.3 cm³/mol. The molecule has 2 aromatic rings. The molecular weight excluding hydrogens is 224 g/mol. The lowest BCUT2D eigenvalue weighted by Gasteiger charge is -2.20. The van der Waals surface area contributed by atoms with Gasteiger partial charge in [-0.2, -0.15) is 5.10 Å². The van der Waals surface area contributed by atoms with Crippen LogP contribution < -0.4 is 5.32 Å². The van der Waals surface area contributed by atoms with Gasteiger partial charge in [0.05, 0.1) is 6.04 Å². The molecule has 0 saturated heterocycles. The molecule has 1 aromatic carbocycles. The van der Waals surface area contributed by atoms with Crippen molar-refractivity contribution in [1.29, 1.82) is 0 Å². The van der Waals surface area contributed by atoms with Gasteiger partial charge >= 0.3 is 0 Å². The number of aromatic nitrogens is 3. The molecule has 2 rings (SSSR count). The Morgan fingerprint density at radius 1 is 1.17 bits per heavy atom. The van der Waals surface area contributed by atoms with Gasteiger partial charge in [-0.25, -0.2) is 4.98 Å².